The van der Waals surface area contributed by atoms with Crippen molar-refractivity contribution in [3.05, 3.63) is 65.2 Å². The van der Waals surface area contributed by atoms with Gasteiger partial charge in [0.25, 0.3) is 11.8 Å². The summed E-state index contributed by atoms with van der Waals surface area (Å²) in [5, 5.41) is 21.1. The summed E-state index contributed by atoms with van der Waals surface area (Å²) in [4.78, 5) is 36.7. The first-order valence-corrected chi connectivity index (χ1v) is 10.3. The summed E-state index contributed by atoms with van der Waals surface area (Å²) < 4.78 is 0. The maximum Gasteiger partial charge on any atom is 0.291 e. The van der Waals surface area contributed by atoms with Crippen molar-refractivity contribution in [1.29, 1.82) is 5.26 Å². The van der Waals surface area contributed by atoms with Gasteiger partial charge in [0.2, 0.25) is 5.78 Å². The highest BCUT2D eigenvalue weighted by Crippen LogP contribution is 2.23. The normalized spacial score (nSPS) is 15.5. The summed E-state index contributed by atoms with van der Waals surface area (Å²) in [6.07, 6.45) is -0.494. The molecule has 0 spiro atoms. The van der Waals surface area contributed by atoms with Crippen molar-refractivity contribution in [3.63, 3.8) is 0 Å². The van der Waals surface area contributed by atoms with E-state index in [0.29, 0.717) is 16.9 Å². The van der Waals surface area contributed by atoms with E-state index in [0.717, 1.165) is 11.3 Å². The van der Waals surface area contributed by atoms with Gasteiger partial charge in [0.1, 0.15) is 11.6 Å². The molecule has 1 unspecified atom stereocenters. The fraction of sp³-hybridized carbons (Fsp3) is 0.250. The second-order valence-electron chi connectivity index (χ2n) is 7.98. The van der Waals surface area contributed by atoms with E-state index in [1.807, 2.05) is 51.1 Å². The zero-order chi connectivity index (χ0) is 23.3. The standard InChI is InChI=1S/C24H25N5O3/c1-14(2)11-20(30)23(32)26-18-6-4-5-16(12-18)21-19(13-25)22(31)29-24(28-21)27-17-9-7-15(3)8-10-17/h4-10,12,14,24,27-28H,11H2,1-3H3,(H,26,32)(H,29,31). The maximum absolute atomic E-state index is 12.5. The first-order valence-electron chi connectivity index (χ1n) is 10.3. The Labute approximate surface area is 186 Å². The quantitative estimate of drug-likeness (QED) is 0.500. The molecule has 1 aliphatic rings. The van der Waals surface area contributed by atoms with Crippen LogP contribution in [0.15, 0.2) is 54.1 Å². The summed E-state index contributed by atoms with van der Waals surface area (Å²) in [7, 11) is 0. The first-order chi connectivity index (χ1) is 15.3. The number of Topliss-reactive ketones (excluding diaryl/α,β-unsaturated/α-hetero) is 1. The number of nitriles is 1. The number of anilines is 2. The molecule has 2 aromatic carbocycles. The van der Waals surface area contributed by atoms with E-state index in [4.69, 9.17) is 0 Å². The monoisotopic (exact) mass is 431 g/mol. The Bertz CT molecular complexity index is 1110. The van der Waals surface area contributed by atoms with Gasteiger partial charge in [0, 0.05) is 23.4 Å². The van der Waals surface area contributed by atoms with Crippen molar-refractivity contribution >= 4 is 34.7 Å². The third-order valence-electron chi connectivity index (χ3n) is 4.77. The lowest BCUT2D eigenvalue weighted by atomic mass is 10.0. The van der Waals surface area contributed by atoms with Gasteiger partial charge in [-0.05, 0) is 37.1 Å². The molecule has 0 fully saturated rings. The minimum atomic E-state index is -0.696. The second kappa shape index (κ2) is 9.79. The molecular formula is C24H25N5O3. The lowest BCUT2D eigenvalue weighted by Crippen LogP contribution is -2.54. The first kappa shape index (κ1) is 22.6. The van der Waals surface area contributed by atoms with E-state index in [-0.39, 0.29) is 17.9 Å². The molecule has 1 aliphatic heterocycles. The van der Waals surface area contributed by atoms with Gasteiger partial charge < -0.3 is 21.3 Å². The van der Waals surface area contributed by atoms with Crippen LogP contribution in [0.4, 0.5) is 11.4 Å². The molecule has 4 N–H and O–H groups in total. The van der Waals surface area contributed by atoms with Crippen LogP contribution in [0.3, 0.4) is 0 Å². The predicted molar refractivity (Wildman–Crippen MR) is 122 cm³/mol. The topological polar surface area (TPSA) is 123 Å². The number of ketones is 1. The van der Waals surface area contributed by atoms with Gasteiger partial charge >= 0.3 is 0 Å². The van der Waals surface area contributed by atoms with Crippen molar-refractivity contribution < 1.29 is 14.4 Å². The third kappa shape index (κ3) is 5.52. The van der Waals surface area contributed by atoms with Gasteiger partial charge in [-0.25, -0.2) is 0 Å². The second-order valence-corrected chi connectivity index (χ2v) is 7.98. The van der Waals surface area contributed by atoms with Gasteiger partial charge in [-0.15, -0.1) is 0 Å². The molecule has 3 rings (SSSR count). The van der Waals surface area contributed by atoms with Crippen LogP contribution in [-0.2, 0) is 14.4 Å². The van der Waals surface area contributed by atoms with Crippen LogP contribution in [0, 0.1) is 24.2 Å². The van der Waals surface area contributed by atoms with E-state index >= 15 is 0 Å². The van der Waals surface area contributed by atoms with E-state index < -0.39 is 23.9 Å². The molecule has 2 amide bonds. The zero-order valence-electron chi connectivity index (χ0n) is 18.2. The molecule has 32 heavy (non-hydrogen) atoms. The number of nitrogens with zero attached hydrogens (tertiary/aromatic N) is 1. The fourth-order valence-electron chi connectivity index (χ4n) is 3.21. The minimum absolute atomic E-state index is 0.0749. The summed E-state index contributed by atoms with van der Waals surface area (Å²) >= 11 is 0. The summed E-state index contributed by atoms with van der Waals surface area (Å²) in [5.41, 5.74) is 3.07. The van der Waals surface area contributed by atoms with E-state index in [1.54, 1.807) is 24.3 Å². The number of benzene rings is 2. The summed E-state index contributed by atoms with van der Waals surface area (Å²) in [6.45, 7) is 5.71. The maximum atomic E-state index is 12.5. The summed E-state index contributed by atoms with van der Waals surface area (Å²) in [6, 6.07) is 16.2. The number of amides is 2. The third-order valence-corrected chi connectivity index (χ3v) is 4.77. The lowest BCUT2D eigenvalue weighted by molar-refractivity contribution is -0.135. The molecule has 0 saturated carbocycles. The molecule has 1 heterocycles. The molecule has 0 aromatic heterocycles. The molecule has 0 bridgehead atoms. The van der Waals surface area contributed by atoms with E-state index in [1.165, 1.54) is 0 Å². The highest BCUT2D eigenvalue weighted by atomic mass is 16.2. The number of aryl methyl sites for hydroxylation is 1. The average Bonchev–Trinajstić information content (AvgIpc) is 2.74. The van der Waals surface area contributed by atoms with Crippen LogP contribution in [0.25, 0.3) is 5.70 Å². The Morgan fingerprint density at radius 1 is 1.09 bits per heavy atom. The molecule has 0 aliphatic carbocycles. The van der Waals surface area contributed by atoms with Crippen molar-refractivity contribution in [2.75, 3.05) is 10.6 Å². The Morgan fingerprint density at radius 2 is 1.81 bits per heavy atom. The van der Waals surface area contributed by atoms with Gasteiger partial charge in [-0.3, -0.25) is 14.4 Å². The number of rotatable bonds is 7. The van der Waals surface area contributed by atoms with Crippen LogP contribution in [0.2, 0.25) is 0 Å². The molecule has 164 valence electrons. The van der Waals surface area contributed by atoms with Crippen LogP contribution in [-0.4, -0.2) is 23.9 Å². The average molecular weight is 431 g/mol. The SMILES string of the molecule is Cc1ccc(NC2NC(=O)C(C#N)=C(c3cccc(NC(=O)C(=O)CC(C)C)c3)N2)cc1. The minimum Gasteiger partial charge on any atom is -0.348 e. The Kier molecular flexibility index (Phi) is 6.90. The Hall–Kier alpha value is -4.12. The zero-order valence-corrected chi connectivity index (χ0v) is 18.2. The Morgan fingerprint density at radius 3 is 2.47 bits per heavy atom. The van der Waals surface area contributed by atoms with Crippen molar-refractivity contribution in [2.24, 2.45) is 5.92 Å². The number of hydrogen-bond donors (Lipinski definition) is 4. The van der Waals surface area contributed by atoms with Crippen molar-refractivity contribution in [3.8, 4) is 6.07 Å². The van der Waals surface area contributed by atoms with Gasteiger partial charge in [-0.2, -0.15) is 5.26 Å². The molecule has 0 radical (unpaired) electrons. The van der Waals surface area contributed by atoms with Crippen LogP contribution in [0.1, 0.15) is 31.4 Å². The van der Waals surface area contributed by atoms with Gasteiger partial charge in [0.05, 0.1) is 5.70 Å². The van der Waals surface area contributed by atoms with Gasteiger partial charge in [-0.1, -0.05) is 43.7 Å². The highest BCUT2D eigenvalue weighted by molar-refractivity contribution is 6.40. The molecule has 1 atom stereocenters. The number of carbonyl (C=O) groups is 3. The molecule has 8 heteroatoms. The number of nitrogens with one attached hydrogen (secondary N) is 4. The van der Waals surface area contributed by atoms with E-state index in [9.17, 15) is 19.6 Å². The van der Waals surface area contributed by atoms with Gasteiger partial charge in [0.15, 0.2) is 6.29 Å². The highest BCUT2D eigenvalue weighted by Gasteiger charge is 2.27. The van der Waals surface area contributed by atoms with Crippen LogP contribution < -0.4 is 21.3 Å². The largest absolute Gasteiger partial charge is 0.348 e. The van der Waals surface area contributed by atoms with E-state index in [2.05, 4.69) is 21.3 Å². The van der Waals surface area contributed by atoms with Crippen molar-refractivity contribution in [1.82, 2.24) is 10.6 Å². The predicted octanol–water partition coefficient (Wildman–Crippen LogP) is 2.90. The van der Waals surface area contributed by atoms with Crippen molar-refractivity contribution in [2.45, 2.75) is 33.5 Å². The number of carbonyl (C=O) groups excluding carboxylic acids is 3. The lowest BCUT2D eigenvalue weighted by Gasteiger charge is -2.29. The molecule has 0 saturated heterocycles. The van der Waals surface area contributed by atoms with Crippen LogP contribution >= 0.6 is 0 Å². The molecule has 8 nitrogen and oxygen atoms in total. The molecular weight excluding hydrogens is 406 g/mol. The molecule has 2 aromatic rings. The fourth-order valence-corrected chi connectivity index (χ4v) is 3.21. The van der Waals surface area contributed by atoms with Crippen LogP contribution in [0.5, 0.6) is 0 Å². The number of hydrogen-bond acceptors (Lipinski definition) is 6. The Balaban J connectivity index is 1.82. The smallest absolute Gasteiger partial charge is 0.291 e. The summed E-state index contributed by atoms with van der Waals surface area (Å²) in [5.74, 6) is -1.64.